The van der Waals surface area contributed by atoms with Gasteiger partial charge in [-0.3, -0.25) is 4.79 Å². The molecule has 1 amide bonds. The van der Waals surface area contributed by atoms with Crippen LogP contribution >= 0.6 is 0 Å². The number of nitrogens with one attached hydrogen (secondary N) is 1. The van der Waals surface area contributed by atoms with E-state index in [2.05, 4.69) is 5.32 Å². The van der Waals surface area contributed by atoms with E-state index >= 15 is 0 Å². The standard InChI is InChI=1S/C17H24N2O4S/c1-13(20)18-17-7-4-5-14-11-19(9-8-16(14)17)24(21,22)12-15-6-2-3-10-23-15/h4-5,7,15H,2-3,6,8-12H2,1H3,(H,18,20). The number of ether oxygens (including phenoxy) is 1. The molecule has 2 aliphatic heterocycles. The van der Waals surface area contributed by atoms with Crippen molar-refractivity contribution in [1.29, 1.82) is 0 Å². The monoisotopic (exact) mass is 352 g/mol. The molecule has 7 heteroatoms. The van der Waals surface area contributed by atoms with Gasteiger partial charge in [0.2, 0.25) is 15.9 Å². The third-order valence-corrected chi connectivity index (χ3v) is 6.50. The lowest BCUT2D eigenvalue weighted by molar-refractivity contribution is -0.114. The summed E-state index contributed by atoms with van der Waals surface area (Å²) in [6.45, 7) is 2.93. The lowest BCUT2D eigenvalue weighted by atomic mass is 9.99. The molecule has 1 aromatic carbocycles. The van der Waals surface area contributed by atoms with Crippen LogP contribution in [0.4, 0.5) is 5.69 Å². The summed E-state index contributed by atoms with van der Waals surface area (Å²) in [7, 11) is -3.34. The summed E-state index contributed by atoms with van der Waals surface area (Å²) in [5.41, 5.74) is 2.78. The minimum Gasteiger partial charge on any atom is -0.377 e. The fourth-order valence-electron chi connectivity index (χ4n) is 3.41. The molecule has 1 N–H and O–H groups in total. The van der Waals surface area contributed by atoms with Crippen LogP contribution in [0.3, 0.4) is 0 Å². The molecular weight excluding hydrogens is 328 g/mol. The van der Waals surface area contributed by atoms with E-state index in [0.717, 1.165) is 36.1 Å². The molecule has 24 heavy (non-hydrogen) atoms. The van der Waals surface area contributed by atoms with Gasteiger partial charge < -0.3 is 10.1 Å². The number of hydrogen-bond donors (Lipinski definition) is 1. The second kappa shape index (κ2) is 7.21. The van der Waals surface area contributed by atoms with Gasteiger partial charge in [0.15, 0.2) is 0 Å². The highest BCUT2D eigenvalue weighted by atomic mass is 32.2. The van der Waals surface area contributed by atoms with E-state index in [0.29, 0.717) is 26.1 Å². The fourth-order valence-corrected chi connectivity index (χ4v) is 5.06. The Morgan fingerprint density at radius 3 is 2.92 bits per heavy atom. The molecule has 1 saturated heterocycles. The molecule has 2 heterocycles. The fraction of sp³-hybridized carbons (Fsp3) is 0.588. The van der Waals surface area contributed by atoms with Crippen LogP contribution in [0.15, 0.2) is 18.2 Å². The molecule has 3 rings (SSSR count). The van der Waals surface area contributed by atoms with E-state index in [1.807, 2.05) is 18.2 Å². The Hall–Kier alpha value is -1.44. The van der Waals surface area contributed by atoms with Gasteiger partial charge in [0.25, 0.3) is 0 Å². The molecule has 2 aliphatic rings. The number of benzene rings is 1. The Bertz CT molecular complexity index is 711. The van der Waals surface area contributed by atoms with Gasteiger partial charge in [0, 0.05) is 32.3 Å². The van der Waals surface area contributed by atoms with Crippen molar-refractivity contribution in [2.45, 2.75) is 45.3 Å². The van der Waals surface area contributed by atoms with E-state index in [1.54, 1.807) is 4.31 Å². The Morgan fingerprint density at radius 2 is 2.21 bits per heavy atom. The van der Waals surface area contributed by atoms with E-state index in [9.17, 15) is 13.2 Å². The zero-order chi connectivity index (χ0) is 17.2. The van der Waals surface area contributed by atoms with Gasteiger partial charge in [0.1, 0.15) is 0 Å². The van der Waals surface area contributed by atoms with E-state index in [1.165, 1.54) is 6.92 Å². The minimum absolute atomic E-state index is 0.0632. The molecule has 1 atom stereocenters. The van der Waals surface area contributed by atoms with Crippen molar-refractivity contribution in [2.75, 3.05) is 24.2 Å². The van der Waals surface area contributed by atoms with Crippen molar-refractivity contribution in [3.63, 3.8) is 0 Å². The summed E-state index contributed by atoms with van der Waals surface area (Å²) in [5.74, 6) is -0.0545. The summed E-state index contributed by atoms with van der Waals surface area (Å²) < 4.78 is 32.5. The molecule has 6 nitrogen and oxygen atoms in total. The maximum absolute atomic E-state index is 12.7. The summed E-state index contributed by atoms with van der Waals surface area (Å²) in [4.78, 5) is 11.3. The van der Waals surface area contributed by atoms with Crippen LogP contribution in [0.5, 0.6) is 0 Å². The second-order valence-corrected chi connectivity index (χ2v) is 8.49. The number of anilines is 1. The number of fused-ring (bicyclic) bond motifs is 1. The van der Waals surface area contributed by atoms with Crippen molar-refractivity contribution in [3.05, 3.63) is 29.3 Å². The number of carbonyl (C=O) groups is 1. The third-order valence-electron chi connectivity index (χ3n) is 4.61. The zero-order valence-electron chi connectivity index (χ0n) is 14.0. The number of amides is 1. The minimum atomic E-state index is -3.34. The van der Waals surface area contributed by atoms with Crippen molar-refractivity contribution >= 4 is 21.6 Å². The average Bonchev–Trinajstić information content (AvgIpc) is 2.55. The zero-order valence-corrected chi connectivity index (χ0v) is 14.8. The van der Waals surface area contributed by atoms with Crippen LogP contribution in [-0.4, -0.2) is 43.6 Å². The normalized spacial score (nSPS) is 22.0. The summed E-state index contributed by atoms with van der Waals surface area (Å²) in [6, 6.07) is 5.64. The average molecular weight is 352 g/mol. The van der Waals surface area contributed by atoms with Gasteiger partial charge in [0.05, 0.1) is 11.9 Å². The Kier molecular flexibility index (Phi) is 5.22. The first-order valence-electron chi connectivity index (χ1n) is 8.43. The predicted octanol–water partition coefficient (Wildman–Crippen LogP) is 1.90. The van der Waals surface area contributed by atoms with Crippen molar-refractivity contribution < 1.29 is 17.9 Å². The molecule has 1 fully saturated rings. The van der Waals surface area contributed by atoms with Crippen molar-refractivity contribution in [3.8, 4) is 0 Å². The van der Waals surface area contributed by atoms with Crippen LogP contribution < -0.4 is 5.32 Å². The van der Waals surface area contributed by atoms with Gasteiger partial charge in [-0.05, 0) is 42.9 Å². The molecule has 0 saturated carbocycles. The molecule has 132 valence electrons. The molecule has 0 aliphatic carbocycles. The van der Waals surface area contributed by atoms with Crippen LogP contribution in [-0.2, 0) is 32.5 Å². The highest BCUT2D eigenvalue weighted by molar-refractivity contribution is 7.89. The van der Waals surface area contributed by atoms with Crippen LogP contribution in [0.2, 0.25) is 0 Å². The Labute approximate surface area is 143 Å². The Balaban J connectivity index is 1.73. The first-order chi connectivity index (χ1) is 11.5. The maximum atomic E-state index is 12.7. The molecular formula is C17H24N2O4S. The summed E-state index contributed by atoms with van der Waals surface area (Å²) in [6.07, 6.45) is 3.28. The van der Waals surface area contributed by atoms with Crippen LogP contribution in [0, 0.1) is 0 Å². The molecule has 1 unspecified atom stereocenters. The number of nitrogens with zero attached hydrogens (tertiary/aromatic N) is 1. The summed E-state index contributed by atoms with van der Waals surface area (Å²) in [5, 5.41) is 2.83. The van der Waals surface area contributed by atoms with Crippen molar-refractivity contribution in [1.82, 2.24) is 4.31 Å². The molecule has 0 spiro atoms. The van der Waals surface area contributed by atoms with E-state index < -0.39 is 10.0 Å². The number of sulfonamides is 1. The first kappa shape index (κ1) is 17.4. The Morgan fingerprint density at radius 1 is 1.38 bits per heavy atom. The number of hydrogen-bond acceptors (Lipinski definition) is 4. The smallest absolute Gasteiger partial charge is 0.221 e. The SMILES string of the molecule is CC(=O)Nc1cccc2c1CCN(S(=O)(=O)CC1CCCCO1)C2. The third kappa shape index (κ3) is 3.96. The number of carbonyl (C=O) groups excluding carboxylic acids is 1. The number of rotatable bonds is 4. The highest BCUT2D eigenvalue weighted by Gasteiger charge is 2.31. The molecule has 0 aromatic heterocycles. The van der Waals surface area contributed by atoms with Gasteiger partial charge in [-0.2, -0.15) is 4.31 Å². The van der Waals surface area contributed by atoms with Gasteiger partial charge >= 0.3 is 0 Å². The van der Waals surface area contributed by atoms with Crippen LogP contribution in [0.25, 0.3) is 0 Å². The van der Waals surface area contributed by atoms with Crippen molar-refractivity contribution in [2.24, 2.45) is 0 Å². The molecule has 0 radical (unpaired) electrons. The lowest BCUT2D eigenvalue weighted by Gasteiger charge is -2.31. The highest BCUT2D eigenvalue weighted by Crippen LogP contribution is 2.28. The van der Waals surface area contributed by atoms with Gasteiger partial charge in [-0.25, -0.2) is 8.42 Å². The lowest BCUT2D eigenvalue weighted by Crippen LogP contribution is -2.41. The largest absolute Gasteiger partial charge is 0.377 e. The van der Waals surface area contributed by atoms with Crippen LogP contribution in [0.1, 0.15) is 37.3 Å². The van der Waals surface area contributed by atoms with Gasteiger partial charge in [-0.1, -0.05) is 12.1 Å². The molecule has 0 bridgehead atoms. The van der Waals surface area contributed by atoms with E-state index in [4.69, 9.17) is 4.74 Å². The topological polar surface area (TPSA) is 75.7 Å². The predicted molar refractivity (Wildman–Crippen MR) is 92.2 cm³/mol. The first-order valence-corrected chi connectivity index (χ1v) is 10.0. The maximum Gasteiger partial charge on any atom is 0.221 e. The molecule has 1 aromatic rings. The summed E-state index contributed by atoms with van der Waals surface area (Å²) >= 11 is 0. The van der Waals surface area contributed by atoms with Gasteiger partial charge in [-0.15, -0.1) is 0 Å². The second-order valence-electron chi connectivity index (χ2n) is 6.48. The van der Waals surface area contributed by atoms with E-state index in [-0.39, 0.29) is 17.8 Å². The quantitative estimate of drug-likeness (QED) is 0.898.